The van der Waals surface area contributed by atoms with Gasteiger partial charge in [-0.1, -0.05) is 21.5 Å². The van der Waals surface area contributed by atoms with Crippen molar-refractivity contribution in [3.8, 4) is 0 Å². The van der Waals surface area contributed by atoms with Crippen LogP contribution in [0.1, 0.15) is 25.7 Å². The number of hydrogen-bond donors (Lipinski definition) is 4. The van der Waals surface area contributed by atoms with E-state index in [4.69, 9.17) is 8.62 Å². The van der Waals surface area contributed by atoms with Crippen LogP contribution in [0.2, 0.25) is 0 Å². The van der Waals surface area contributed by atoms with Gasteiger partial charge in [0, 0.05) is 0 Å². The molecule has 0 bridgehead atoms. The summed E-state index contributed by atoms with van der Waals surface area (Å²) in [6.07, 6.45) is 3.77. The minimum atomic E-state index is -4.59. The highest BCUT2D eigenvalue weighted by Crippen LogP contribution is 2.83. The Balaban J connectivity index is 1.87. The predicted molar refractivity (Wildman–Crippen MR) is 62.1 cm³/mol. The third-order valence-electron chi connectivity index (χ3n) is 3.08. The van der Waals surface area contributed by atoms with Crippen molar-refractivity contribution in [3.05, 3.63) is 0 Å². The fourth-order valence-electron chi connectivity index (χ4n) is 2.47. The molecule has 2 unspecified atom stereocenters. The third-order valence-corrected chi connectivity index (χ3v) is 9.56. The van der Waals surface area contributed by atoms with Crippen LogP contribution in [0.15, 0.2) is 0 Å². The molecule has 4 atom stereocenters. The Hall–Kier alpha value is 0.610. The van der Waals surface area contributed by atoms with Crippen molar-refractivity contribution in [1.29, 1.82) is 0 Å². The van der Waals surface area contributed by atoms with Gasteiger partial charge in [0.15, 0.2) is 0 Å². The number of rotatable bonds is 0. The Morgan fingerprint density at radius 2 is 1.44 bits per heavy atom. The molecule has 1 saturated carbocycles. The van der Waals surface area contributed by atoms with E-state index in [1.807, 2.05) is 0 Å². The zero-order chi connectivity index (χ0) is 13.0. The lowest BCUT2D eigenvalue weighted by atomic mass is 9.92. The zero-order valence-electron chi connectivity index (χ0n) is 9.26. The summed E-state index contributed by atoms with van der Waals surface area (Å²) >= 11 is 0. The molecule has 3 rings (SSSR count). The predicted octanol–water partition coefficient (Wildman–Crippen LogP) is 1.43. The molecule has 104 valence electrons. The van der Waals surface area contributed by atoms with E-state index >= 15 is 0 Å². The first kappa shape index (κ1) is 13.6. The molecule has 18 heavy (non-hydrogen) atoms. The van der Waals surface area contributed by atoms with E-state index < -0.39 is 23.7 Å². The summed E-state index contributed by atoms with van der Waals surface area (Å²) in [7, 11) is -12.4. The van der Waals surface area contributed by atoms with Gasteiger partial charge in [-0.25, -0.2) is 9.13 Å². The Labute approximate surface area is 104 Å². The summed E-state index contributed by atoms with van der Waals surface area (Å²) in [6, 6.07) is 0.0374. The number of hydrogen-bond acceptors (Lipinski definition) is 7. The lowest BCUT2D eigenvalue weighted by Crippen LogP contribution is -2.36. The van der Waals surface area contributed by atoms with E-state index in [2.05, 4.69) is 14.5 Å². The standard InChI is InChI=1S/C6H13N2O7P3/c9-17(10)13-16(14-18(11,12)15-17)7-5-3-1-2-4-6(5)8-16/h5-8H,1-4H2,(H-,9,10,11,12)/p+1/t5-,6+. The van der Waals surface area contributed by atoms with Crippen LogP contribution in [0.25, 0.3) is 0 Å². The minimum Gasteiger partial charge on any atom is -0.300 e. The summed E-state index contributed by atoms with van der Waals surface area (Å²) < 4.78 is 36.7. The van der Waals surface area contributed by atoms with Crippen LogP contribution in [-0.2, 0) is 22.1 Å². The Morgan fingerprint density at radius 1 is 1.00 bits per heavy atom. The molecule has 0 aromatic carbocycles. The van der Waals surface area contributed by atoms with Gasteiger partial charge in [0.2, 0.25) is 0 Å². The second-order valence-electron chi connectivity index (χ2n) is 4.49. The van der Waals surface area contributed by atoms with Crippen molar-refractivity contribution in [1.82, 2.24) is 10.2 Å². The van der Waals surface area contributed by atoms with Crippen LogP contribution in [0.3, 0.4) is 0 Å². The van der Waals surface area contributed by atoms with Crippen molar-refractivity contribution in [2.45, 2.75) is 37.8 Å². The molecule has 2 heterocycles. The van der Waals surface area contributed by atoms with Gasteiger partial charge in [-0.05, 0) is 12.8 Å². The normalized spacial score (nSPS) is 56.6. The quantitative estimate of drug-likeness (QED) is 0.490. The fraction of sp³-hybridized carbons (Fsp3) is 1.00. The summed E-state index contributed by atoms with van der Waals surface area (Å²) in [5.41, 5.74) is 0. The maximum absolute atomic E-state index is 11.5. The topological polar surface area (TPSA) is 126 Å². The fourth-order valence-corrected chi connectivity index (χ4v) is 9.32. The van der Waals surface area contributed by atoms with E-state index in [9.17, 15) is 18.9 Å². The van der Waals surface area contributed by atoms with E-state index in [0.717, 1.165) is 25.7 Å². The molecule has 9 nitrogen and oxygen atoms in total. The van der Waals surface area contributed by atoms with Crippen molar-refractivity contribution >= 4 is 23.7 Å². The molecule has 2 saturated heterocycles. The summed E-state index contributed by atoms with van der Waals surface area (Å²) in [5.74, 6) is 0. The molecular formula is C6H14N2O7P3+. The Morgan fingerprint density at radius 3 is 1.89 bits per heavy atom. The highest BCUT2D eigenvalue weighted by atomic mass is 31.3. The molecule has 1 spiro atoms. The highest BCUT2D eigenvalue weighted by Gasteiger charge is 2.69. The Kier molecular flexibility index (Phi) is 3.25. The molecule has 0 aromatic heterocycles. The van der Waals surface area contributed by atoms with Gasteiger partial charge in [-0.15, -0.1) is 10.2 Å². The van der Waals surface area contributed by atoms with Crippen molar-refractivity contribution in [2.24, 2.45) is 0 Å². The lowest BCUT2D eigenvalue weighted by molar-refractivity contribution is 0.197. The van der Waals surface area contributed by atoms with Gasteiger partial charge in [0.1, 0.15) is 0 Å². The van der Waals surface area contributed by atoms with E-state index in [0.29, 0.717) is 0 Å². The molecule has 1 aliphatic carbocycles. The first-order chi connectivity index (χ1) is 8.29. The van der Waals surface area contributed by atoms with Crippen LogP contribution in [0, 0.1) is 0 Å². The van der Waals surface area contributed by atoms with E-state index in [-0.39, 0.29) is 12.1 Å². The number of phosphoric acid groups is 2. The SMILES string of the molecule is O=P1(O)OP(=O)(O)O[P+]2(N[C@H]3CCCC[C@H]3N2)O1. The molecule has 4 N–H and O–H groups in total. The second-order valence-corrected chi connectivity index (χ2v) is 9.94. The molecule has 0 amide bonds. The van der Waals surface area contributed by atoms with Gasteiger partial charge >= 0.3 is 23.7 Å². The Bertz CT molecular complexity index is 418. The van der Waals surface area contributed by atoms with Gasteiger partial charge in [-0.3, -0.25) is 9.79 Å². The van der Waals surface area contributed by atoms with Gasteiger partial charge in [-0.2, -0.15) is 4.31 Å². The smallest absolute Gasteiger partial charge is 0.300 e. The molecule has 12 heteroatoms. The lowest BCUT2D eigenvalue weighted by Gasteiger charge is -2.26. The third kappa shape index (κ3) is 2.58. The summed E-state index contributed by atoms with van der Waals surface area (Å²) in [5, 5.41) is 5.86. The molecule has 3 aliphatic rings. The van der Waals surface area contributed by atoms with Crippen LogP contribution in [0.5, 0.6) is 0 Å². The van der Waals surface area contributed by atoms with Crippen LogP contribution < -0.4 is 10.2 Å². The van der Waals surface area contributed by atoms with Crippen LogP contribution in [0.4, 0.5) is 0 Å². The minimum absolute atomic E-state index is 0.0187. The molecule has 0 radical (unpaired) electrons. The van der Waals surface area contributed by atoms with E-state index in [1.54, 1.807) is 0 Å². The van der Waals surface area contributed by atoms with E-state index in [1.165, 1.54) is 0 Å². The first-order valence-corrected chi connectivity index (χ1v) is 10.2. The molecule has 2 aliphatic heterocycles. The monoisotopic (exact) mass is 319 g/mol. The average molecular weight is 319 g/mol. The van der Waals surface area contributed by atoms with Crippen molar-refractivity contribution in [3.63, 3.8) is 0 Å². The number of fused-ring (bicyclic) bond motifs is 1. The maximum Gasteiger partial charge on any atom is 0.520 e. The second kappa shape index (κ2) is 4.30. The van der Waals surface area contributed by atoms with Crippen LogP contribution >= 0.6 is 23.7 Å². The zero-order valence-corrected chi connectivity index (χ0v) is 11.9. The largest absolute Gasteiger partial charge is 0.520 e. The van der Waals surface area contributed by atoms with Gasteiger partial charge in [0.25, 0.3) is 0 Å². The van der Waals surface area contributed by atoms with Crippen LogP contribution in [-0.4, -0.2) is 21.9 Å². The molecule has 3 fully saturated rings. The molecular weight excluding hydrogens is 305 g/mol. The van der Waals surface area contributed by atoms with Gasteiger partial charge in [0.05, 0.1) is 12.1 Å². The van der Waals surface area contributed by atoms with Crippen molar-refractivity contribution in [2.75, 3.05) is 0 Å². The molecule has 0 aromatic rings. The average Bonchev–Trinajstić information content (AvgIpc) is 2.48. The first-order valence-electron chi connectivity index (χ1n) is 5.53. The number of nitrogens with one attached hydrogen (secondary N) is 2. The summed E-state index contributed by atoms with van der Waals surface area (Å²) in [6.45, 7) is 0. The highest BCUT2D eigenvalue weighted by molar-refractivity contribution is 7.80. The van der Waals surface area contributed by atoms with Crippen molar-refractivity contribution < 1.29 is 31.8 Å². The summed E-state index contributed by atoms with van der Waals surface area (Å²) in [4.78, 5) is 18.6. The maximum atomic E-state index is 11.5. The van der Waals surface area contributed by atoms with Gasteiger partial charge < -0.3 is 0 Å².